The van der Waals surface area contributed by atoms with Gasteiger partial charge in [0.2, 0.25) is 0 Å². The lowest BCUT2D eigenvalue weighted by atomic mass is 10.3. The number of nitrogens with zero attached hydrogens (tertiary/aromatic N) is 1. The first-order chi connectivity index (χ1) is 9.47. The molecule has 0 bridgehead atoms. The maximum absolute atomic E-state index is 11.7. The molecule has 0 atom stereocenters. The summed E-state index contributed by atoms with van der Waals surface area (Å²) in [4.78, 5) is 28.5. The van der Waals surface area contributed by atoms with Crippen LogP contribution in [0.5, 0.6) is 5.75 Å². The number of carbonyl (C=O) groups is 2. The normalized spacial score (nSPS) is 10.1. The van der Waals surface area contributed by atoms with Crippen LogP contribution in [0.1, 0.15) is 10.6 Å². The highest BCUT2D eigenvalue weighted by Gasteiger charge is 2.17. The molecule has 0 unspecified atom stereocenters. The van der Waals surface area contributed by atoms with E-state index in [2.05, 4.69) is 15.6 Å². The molecule has 2 rings (SSSR count). The Labute approximate surface area is 119 Å². The zero-order valence-electron chi connectivity index (χ0n) is 10.9. The van der Waals surface area contributed by atoms with Gasteiger partial charge in [0.15, 0.2) is 5.13 Å². The first-order valence-corrected chi connectivity index (χ1v) is 6.63. The Kier molecular flexibility index (Phi) is 3.99. The van der Waals surface area contributed by atoms with Gasteiger partial charge >= 0.3 is 11.8 Å². The summed E-state index contributed by atoms with van der Waals surface area (Å²) < 4.78 is 0. The lowest BCUT2D eigenvalue weighted by molar-refractivity contribution is -0.133. The van der Waals surface area contributed by atoms with Crippen molar-refractivity contribution in [1.82, 2.24) is 4.98 Å². The van der Waals surface area contributed by atoms with Gasteiger partial charge in [0.25, 0.3) is 0 Å². The standard InChI is InChI=1S/C13H13N3O3S/c1-7-8(2)20-13(14-7)16-12(19)11(18)15-9-5-3-4-6-10(9)17/h3-6,17H,1-2H3,(H,15,18)(H,14,16,19). The number of hydrogen-bond acceptors (Lipinski definition) is 5. The van der Waals surface area contributed by atoms with Crippen LogP contribution in [0.3, 0.4) is 0 Å². The third-order valence-electron chi connectivity index (χ3n) is 2.61. The van der Waals surface area contributed by atoms with Gasteiger partial charge < -0.3 is 10.4 Å². The number of hydrogen-bond donors (Lipinski definition) is 3. The van der Waals surface area contributed by atoms with Gasteiger partial charge in [-0.25, -0.2) is 4.98 Å². The molecule has 20 heavy (non-hydrogen) atoms. The molecule has 1 aromatic heterocycles. The van der Waals surface area contributed by atoms with Crippen LogP contribution in [0.15, 0.2) is 24.3 Å². The second-order valence-electron chi connectivity index (χ2n) is 4.09. The van der Waals surface area contributed by atoms with E-state index in [4.69, 9.17) is 0 Å². The topological polar surface area (TPSA) is 91.3 Å². The van der Waals surface area contributed by atoms with Crippen molar-refractivity contribution in [2.45, 2.75) is 13.8 Å². The molecule has 0 aliphatic carbocycles. The molecule has 3 N–H and O–H groups in total. The van der Waals surface area contributed by atoms with Crippen LogP contribution in [0.4, 0.5) is 10.8 Å². The molecular formula is C13H13N3O3S. The molecule has 6 nitrogen and oxygen atoms in total. The number of nitrogens with one attached hydrogen (secondary N) is 2. The Morgan fingerprint density at radius 2 is 1.80 bits per heavy atom. The van der Waals surface area contributed by atoms with Gasteiger partial charge in [-0.2, -0.15) is 0 Å². The van der Waals surface area contributed by atoms with Gasteiger partial charge in [-0.05, 0) is 26.0 Å². The van der Waals surface area contributed by atoms with E-state index in [1.165, 1.54) is 23.5 Å². The van der Waals surface area contributed by atoms with Crippen molar-refractivity contribution in [1.29, 1.82) is 0 Å². The van der Waals surface area contributed by atoms with Crippen LogP contribution in [0.25, 0.3) is 0 Å². The van der Waals surface area contributed by atoms with Crippen molar-refractivity contribution < 1.29 is 14.7 Å². The molecule has 2 amide bonds. The molecule has 0 spiro atoms. The molecule has 1 heterocycles. The first kappa shape index (κ1) is 14.0. The lowest BCUT2D eigenvalue weighted by Gasteiger charge is -2.06. The molecule has 0 aliphatic rings. The summed E-state index contributed by atoms with van der Waals surface area (Å²) in [6.07, 6.45) is 0. The fourth-order valence-corrected chi connectivity index (χ4v) is 2.25. The molecule has 0 aliphatic heterocycles. The molecule has 0 radical (unpaired) electrons. The van der Waals surface area contributed by atoms with E-state index in [0.29, 0.717) is 5.13 Å². The van der Waals surface area contributed by atoms with Crippen molar-refractivity contribution in [3.05, 3.63) is 34.8 Å². The smallest absolute Gasteiger partial charge is 0.315 e. The number of carbonyl (C=O) groups excluding carboxylic acids is 2. The van der Waals surface area contributed by atoms with Gasteiger partial charge in [-0.15, -0.1) is 11.3 Å². The first-order valence-electron chi connectivity index (χ1n) is 5.81. The third-order valence-corrected chi connectivity index (χ3v) is 3.60. The largest absolute Gasteiger partial charge is 0.506 e. The van der Waals surface area contributed by atoms with Gasteiger partial charge in [0.1, 0.15) is 5.75 Å². The Bertz CT molecular complexity index is 647. The van der Waals surface area contributed by atoms with Crippen LogP contribution in [0.2, 0.25) is 0 Å². The molecule has 7 heteroatoms. The van der Waals surface area contributed by atoms with Crippen LogP contribution in [0, 0.1) is 13.8 Å². The molecule has 1 aromatic carbocycles. The average Bonchev–Trinajstić information content (AvgIpc) is 2.71. The Morgan fingerprint density at radius 1 is 1.15 bits per heavy atom. The number of aryl methyl sites for hydroxylation is 2. The van der Waals surface area contributed by atoms with Crippen molar-refractivity contribution in [3.63, 3.8) is 0 Å². The van der Waals surface area contributed by atoms with E-state index >= 15 is 0 Å². The number of phenolic OH excluding ortho intramolecular Hbond substituents is 1. The maximum Gasteiger partial charge on any atom is 0.315 e. The van der Waals surface area contributed by atoms with Crippen LogP contribution in [-0.4, -0.2) is 21.9 Å². The van der Waals surface area contributed by atoms with Gasteiger partial charge in [-0.3, -0.25) is 14.9 Å². The number of para-hydroxylation sites is 2. The fourth-order valence-electron chi connectivity index (χ4n) is 1.44. The van der Waals surface area contributed by atoms with E-state index in [9.17, 15) is 14.7 Å². The molecular weight excluding hydrogens is 278 g/mol. The van der Waals surface area contributed by atoms with Crippen molar-refractivity contribution in [3.8, 4) is 5.75 Å². The van der Waals surface area contributed by atoms with Crippen LogP contribution >= 0.6 is 11.3 Å². The van der Waals surface area contributed by atoms with Gasteiger partial charge in [0, 0.05) is 4.88 Å². The maximum atomic E-state index is 11.7. The van der Waals surface area contributed by atoms with Crippen molar-refractivity contribution in [2.24, 2.45) is 0 Å². The summed E-state index contributed by atoms with van der Waals surface area (Å²) in [5.74, 6) is -1.80. The van der Waals surface area contributed by atoms with E-state index < -0.39 is 11.8 Å². The highest BCUT2D eigenvalue weighted by atomic mass is 32.1. The summed E-state index contributed by atoms with van der Waals surface area (Å²) in [5, 5.41) is 14.6. The number of anilines is 2. The Balaban J connectivity index is 2.02. The molecule has 0 fully saturated rings. The van der Waals surface area contributed by atoms with Gasteiger partial charge in [0.05, 0.1) is 11.4 Å². The number of phenols is 1. The quantitative estimate of drug-likeness (QED) is 0.583. The minimum atomic E-state index is -0.864. The number of aromatic nitrogens is 1. The number of thiazole rings is 1. The molecule has 104 valence electrons. The van der Waals surface area contributed by atoms with Gasteiger partial charge in [-0.1, -0.05) is 12.1 Å². The highest BCUT2D eigenvalue weighted by Crippen LogP contribution is 2.22. The summed E-state index contributed by atoms with van der Waals surface area (Å²) in [7, 11) is 0. The second-order valence-corrected chi connectivity index (χ2v) is 5.29. The zero-order valence-corrected chi connectivity index (χ0v) is 11.7. The number of benzene rings is 1. The molecule has 0 saturated carbocycles. The fraction of sp³-hybridized carbons (Fsp3) is 0.154. The average molecular weight is 291 g/mol. The van der Waals surface area contributed by atoms with Crippen molar-refractivity contribution in [2.75, 3.05) is 10.6 Å². The van der Waals surface area contributed by atoms with E-state index in [0.717, 1.165) is 10.6 Å². The molecule has 0 saturated heterocycles. The zero-order chi connectivity index (χ0) is 14.7. The summed E-state index contributed by atoms with van der Waals surface area (Å²) >= 11 is 1.30. The summed E-state index contributed by atoms with van der Waals surface area (Å²) in [6, 6.07) is 6.17. The van der Waals surface area contributed by atoms with Crippen LogP contribution < -0.4 is 10.6 Å². The lowest BCUT2D eigenvalue weighted by Crippen LogP contribution is -2.29. The van der Waals surface area contributed by atoms with Crippen molar-refractivity contribution >= 4 is 34.0 Å². The van der Waals surface area contributed by atoms with Crippen LogP contribution in [-0.2, 0) is 9.59 Å². The van der Waals surface area contributed by atoms with E-state index in [1.54, 1.807) is 12.1 Å². The predicted molar refractivity (Wildman–Crippen MR) is 77.0 cm³/mol. The predicted octanol–water partition coefficient (Wildman–Crippen LogP) is 2.04. The Morgan fingerprint density at radius 3 is 2.40 bits per heavy atom. The molecule has 2 aromatic rings. The summed E-state index contributed by atoms with van der Waals surface area (Å²) in [5.41, 5.74) is 0.991. The summed E-state index contributed by atoms with van der Waals surface area (Å²) in [6.45, 7) is 3.70. The van der Waals surface area contributed by atoms with E-state index in [1.807, 2.05) is 13.8 Å². The number of aromatic hydroxyl groups is 1. The number of amides is 2. The second kappa shape index (κ2) is 5.70. The minimum absolute atomic E-state index is 0.102. The minimum Gasteiger partial charge on any atom is -0.506 e. The third kappa shape index (κ3) is 3.12. The van der Waals surface area contributed by atoms with E-state index in [-0.39, 0.29) is 11.4 Å². The monoisotopic (exact) mass is 291 g/mol. The Hall–Kier alpha value is -2.41. The SMILES string of the molecule is Cc1nc(NC(=O)C(=O)Nc2ccccc2O)sc1C. The number of rotatable bonds is 2. The highest BCUT2D eigenvalue weighted by molar-refractivity contribution is 7.15.